The normalized spacial score (nSPS) is 11.7. The molecule has 1 amide bonds. The third kappa shape index (κ3) is 5.41. The summed E-state index contributed by atoms with van der Waals surface area (Å²) in [5.74, 6) is -0.498. The number of hydrogen-bond donors (Lipinski definition) is 3. The number of aromatic amines is 1. The van der Waals surface area contributed by atoms with Gasteiger partial charge in [0.25, 0.3) is 5.91 Å². The van der Waals surface area contributed by atoms with E-state index in [4.69, 9.17) is 0 Å². The molecule has 8 nitrogen and oxygen atoms in total. The molecule has 37 heavy (non-hydrogen) atoms. The first-order valence-electron chi connectivity index (χ1n) is 11.7. The van der Waals surface area contributed by atoms with Crippen LogP contribution in [0.2, 0.25) is 0 Å². The zero-order chi connectivity index (χ0) is 26.9. The standard InChI is InChI=1S/C26H30F3N7O/c1-16-6-7-18(10-23(16)36-15-24(35(36)5)22-14-31-33-17(22)2)25(37)32-20-11-19(26(27,28)29)12-21(13-20)34(4)9-8-30-3/h6-7,10-15,30H,8-9H2,1-5H3,(H,31,33)(H,32,37). The Bertz CT molecular complexity index is 1410. The average molecular weight is 514 g/mol. The predicted molar refractivity (Wildman–Crippen MR) is 138 cm³/mol. The number of aryl methyl sites for hydroxylation is 2. The molecule has 0 unspecified atom stereocenters. The maximum Gasteiger partial charge on any atom is 0.416 e. The molecule has 2 aromatic carbocycles. The molecule has 0 fully saturated rings. The molecule has 2 heterocycles. The molecule has 0 spiro atoms. The molecule has 2 aromatic heterocycles. The van der Waals surface area contributed by atoms with E-state index in [-0.39, 0.29) is 5.69 Å². The van der Waals surface area contributed by atoms with Gasteiger partial charge in [-0.25, -0.2) is 0 Å². The van der Waals surface area contributed by atoms with E-state index in [9.17, 15) is 18.0 Å². The second-order valence-electron chi connectivity index (χ2n) is 9.04. The molecule has 0 saturated heterocycles. The van der Waals surface area contributed by atoms with Gasteiger partial charge in [0.05, 0.1) is 29.3 Å². The van der Waals surface area contributed by atoms with Gasteiger partial charge >= 0.3 is 6.18 Å². The molecule has 0 aliphatic carbocycles. The van der Waals surface area contributed by atoms with E-state index >= 15 is 0 Å². The van der Waals surface area contributed by atoms with Crippen LogP contribution < -0.4 is 15.5 Å². The number of amides is 1. The summed E-state index contributed by atoms with van der Waals surface area (Å²) in [6, 6.07) is 8.78. The number of carbonyl (C=O) groups excluding carboxylic acids is 1. The first-order chi connectivity index (χ1) is 17.5. The van der Waals surface area contributed by atoms with Gasteiger partial charge in [-0.3, -0.25) is 19.3 Å². The molecule has 0 bridgehead atoms. The van der Waals surface area contributed by atoms with Crippen LogP contribution in [0.4, 0.5) is 24.5 Å². The van der Waals surface area contributed by atoms with E-state index in [1.54, 1.807) is 43.4 Å². The maximum absolute atomic E-state index is 13.6. The van der Waals surface area contributed by atoms with Gasteiger partial charge in [-0.15, -0.1) is 0 Å². The Morgan fingerprint density at radius 2 is 1.92 bits per heavy atom. The van der Waals surface area contributed by atoms with E-state index in [0.717, 1.165) is 40.3 Å². The van der Waals surface area contributed by atoms with Crippen LogP contribution in [-0.4, -0.2) is 52.7 Å². The summed E-state index contributed by atoms with van der Waals surface area (Å²) in [5, 5.41) is 12.6. The maximum atomic E-state index is 13.6. The summed E-state index contributed by atoms with van der Waals surface area (Å²) in [4.78, 5) is 14.8. The highest BCUT2D eigenvalue weighted by atomic mass is 19.4. The molecular weight excluding hydrogens is 483 g/mol. The molecule has 0 saturated carbocycles. The van der Waals surface area contributed by atoms with Gasteiger partial charge in [0.2, 0.25) is 0 Å². The number of nitrogens with one attached hydrogen (secondary N) is 3. The number of benzene rings is 2. The lowest BCUT2D eigenvalue weighted by atomic mass is 10.1. The summed E-state index contributed by atoms with van der Waals surface area (Å²) < 4.78 is 44.6. The number of alkyl halides is 3. The highest BCUT2D eigenvalue weighted by molar-refractivity contribution is 6.05. The average Bonchev–Trinajstić information content (AvgIpc) is 3.26. The lowest BCUT2D eigenvalue weighted by Gasteiger charge is -2.25. The van der Waals surface area contributed by atoms with Crippen molar-refractivity contribution in [2.75, 3.05) is 37.4 Å². The molecule has 0 radical (unpaired) electrons. The van der Waals surface area contributed by atoms with Crippen molar-refractivity contribution < 1.29 is 18.0 Å². The van der Waals surface area contributed by atoms with Crippen molar-refractivity contribution >= 4 is 17.3 Å². The third-order valence-electron chi connectivity index (χ3n) is 6.38. The smallest absolute Gasteiger partial charge is 0.373 e. The zero-order valence-electron chi connectivity index (χ0n) is 21.4. The van der Waals surface area contributed by atoms with Crippen LogP contribution >= 0.6 is 0 Å². The van der Waals surface area contributed by atoms with Crippen molar-refractivity contribution in [3.8, 4) is 16.9 Å². The Morgan fingerprint density at radius 1 is 1.16 bits per heavy atom. The van der Waals surface area contributed by atoms with Gasteiger partial charge in [0, 0.05) is 55.4 Å². The van der Waals surface area contributed by atoms with Crippen molar-refractivity contribution in [2.24, 2.45) is 7.05 Å². The van der Waals surface area contributed by atoms with Crippen molar-refractivity contribution in [1.29, 1.82) is 0 Å². The lowest BCUT2D eigenvalue weighted by molar-refractivity contribution is -0.137. The molecule has 3 N–H and O–H groups in total. The summed E-state index contributed by atoms with van der Waals surface area (Å²) >= 11 is 0. The number of nitrogens with zero attached hydrogens (tertiary/aromatic N) is 4. The van der Waals surface area contributed by atoms with E-state index in [1.807, 2.05) is 42.5 Å². The fourth-order valence-corrected chi connectivity index (χ4v) is 4.11. The highest BCUT2D eigenvalue weighted by Crippen LogP contribution is 2.34. The van der Waals surface area contributed by atoms with Crippen LogP contribution in [0.15, 0.2) is 48.8 Å². The number of anilines is 2. The first-order valence-corrected chi connectivity index (χ1v) is 11.7. The number of H-pyrrole nitrogens is 1. The quantitative estimate of drug-likeness (QED) is 0.318. The van der Waals surface area contributed by atoms with Crippen molar-refractivity contribution in [2.45, 2.75) is 20.0 Å². The Hall–Kier alpha value is -3.99. The first kappa shape index (κ1) is 26.1. The monoisotopic (exact) mass is 513 g/mol. The Morgan fingerprint density at radius 3 is 2.54 bits per heavy atom. The molecule has 4 rings (SSSR count). The summed E-state index contributed by atoms with van der Waals surface area (Å²) in [7, 11) is 5.39. The Kier molecular flexibility index (Phi) is 7.17. The van der Waals surface area contributed by atoms with Gasteiger partial charge in [0.1, 0.15) is 0 Å². The SMILES string of the molecule is CNCCN(C)c1cc(NC(=O)c2ccc(C)c(-n3cc(-c4cn[nH]c4C)n3C)c2)cc(C(F)(F)F)c1. The number of halogens is 3. The molecule has 4 aromatic rings. The molecule has 0 atom stereocenters. The predicted octanol–water partition coefficient (Wildman–Crippen LogP) is 4.75. The number of hydrogen-bond acceptors (Lipinski definition) is 4. The van der Waals surface area contributed by atoms with Crippen LogP contribution in [0.1, 0.15) is 27.2 Å². The minimum Gasteiger partial charge on any atom is -0.373 e. The number of rotatable bonds is 8. The largest absolute Gasteiger partial charge is 0.416 e. The van der Waals surface area contributed by atoms with E-state index in [2.05, 4.69) is 20.8 Å². The Balaban J connectivity index is 1.62. The van der Waals surface area contributed by atoms with Gasteiger partial charge in [0.15, 0.2) is 0 Å². The van der Waals surface area contributed by atoms with Gasteiger partial charge in [-0.2, -0.15) is 18.3 Å². The van der Waals surface area contributed by atoms with Crippen LogP contribution in [-0.2, 0) is 13.2 Å². The van der Waals surface area contributed by atoms with Crippen molar-refractivity contribution in [3.05, 3.63) is 71.2 Å². The summed E-state index contributed by atoms with van der Waals surface area (Å²) in [6.45, 7) is 4.97. The van der Waals surface area contributed by atoms with Gasteiger partial charge in [-0.05, 0) is 56.8 Å². The van der Waals surface area contributed by atoms with Crippen LogP contribution in [0.25, 0.3) is 16.9 Å². The topological polar surface area (TPSA) is 82.9 Å². The van der Waals surface area contributed by atoms with Crippen molar-refractivity contribution in [1.82, 2.24) is 24.9 Å². The van der Waals surface area contributed by atoms with E-state index < -0.39 is 17.6 Å². The zero-order valence-corrected chi connectivity index (χ0v) is 21.4. The molecule has 11 heteroatoms. The lowest BCUT2D eigenvalue weighted by Crippen LogP contribution is -2.27. The van der Waals surface area contributed by atoms with Crippen LogP contribution in [0.3, 0.4) is 0 Å². The van der Waals surface area contributed by atoms with Gasteiger partial charge in [-0.1, -0.05) is 6.07 Å². The molecular formula is C26H30F3N7O. The highest BCUT2D eigenvalue weighted by Gasteiger charge is 2.32. The molecule has 0 aliphatic rings. The molecule has 196 valence electrons. The minimum absolute atomic E-state index is 0.0759. The van der Waals surface area contributed by atoms with Crippen LogP contribution in [0, 0.1) is 13.8 Å². The third-order valence-corrected chi connectivity index (χ3v) is 6.38. The second kappa shape index (κ2) is 10.2. The van der Waals surface area contributed by atoms with E-state index in [0.29, 0.717) is 24.3 Å². The number of likely N-dealkylation sites (N-methyl/N-ethyl adjacent to an activating group) is 2. The fraction of sp³-hybridized carbons (Fsp3) is 0.308. The number of carbonyl (C=O) groups is 1. The summed E-state index contributed by atoms with van der Waals surface area (Å²) in [5.41, 5.74) is 4.57. The van der Waals surface area contributed by atoms with Gasteiger partial charge < -0.3 is 15.5 Å². The van der Waals surface area contributed by atoms with E-state index in [1.165, 1.54) is 0 Å². The fourth-order valence-electron chi connectivity index (χ4n) is 4.11. The van der Waals surface area contributed by atoms with Crippen LogP contribution in [0.5, 0.6) is 0 Å². The minimum atomic E-state index is -4.55. The summed E-state index contributed by atoms with van der Waals surface area (Å²) in [6.07, 6.45) is -0.844. The van der Waals surface area contributed by atoms with Crippen molar-refractivity contribution in [3.63, 3.8) is 0 Å². The molecule has 0 aliphatic heterocycles. The second-order valence-corrected chi connectivity index (χ2v) is 9.04. The number of aromatic nitrogens is 4. The Labute approximate surface area is 213 Å².